The Labute approximate surface area is 212 Å². The molecule has 7 heteroatoms. The Balaban J connectivity index is 1.23. The number of nitrogens with zero attached hydrogens (tertiary/aromatic N) is 4. The summed E-state index contributed by atoms with van der Waals surface area (Å²) < 4.78 is 0. The van der Waals surface area contributed by atoms with Gasteiger partial charge in [-0.05, 0) is 36.6 Å². The van der Waals surface area contributed by atoms with Gasteiger partial charge in [0.15, 0.2) is 0 Å². The van der Waals surface area contributed by atoms with Gasteiger partial charge in [-0.2, -0.15) is 0 Å². The quantitative estimate of drug-likeness (QED) is 0.553. The van der Waals surface area contributed by atoms with Crippen molar-refractivity contribution >= 4 is 29.0 Å². The van der Waals surface area contributed by atoms with Crippen molar-refractivity contribution < 1.29 is 4.79 Å². The van der Waals surface area contributed by atoms with Crippen LogP contribution in [0, 0.1) is 6.92 Å². The van der Waals surface area contributed by atoms with E-state index in [-0.39, 0.29) is 5.91 Å². The number of halogens is 1. The summed E-state index contributed by atoms with van der Waals surface area (Å²) in [6, 6.07) is 18.7. The summed E-state index contributed by atoms with van der Waals surface area (Å²) in [6.07, 6.45) is 2.75. The number of amides is 1. The maximum Gasteiger partial charge on any atom is 0.255 e. The van der Waals surface area contributed by atoms with E-state index in [9.17, 15) is 4.79 Å². The highest BCUT2D eigenvalue weighted by Crippen LogP contribution is 2.31. The van der Waals surface area contributed by atoms with E-state index in [1.807, 2.05) is 23.1 Å². The Morgan fingerprint density at radius 3 is 2.63 bits per heavy atom. The Morgan fingerprint density at radius 2 is 1.83 bits per heavy atom. The fraction of sp³-hybridized carbons (Fsp3) is 0.357. The van der Waals surface area contributed by atoms with Crippen molar-refractivity contribution in [1.82, 2.24) is 14.8 Å². The minimum absolute atomic E-state index is 0.0575. The molecule has 5 rings (SSSR count). The van der Waals surface area contributed by atoms with E-state index in [1.54, 1.807) is 6.20 Å². The van der Waals surface area contributed by atoms with Crippen molar-refractivity contribution in [3.63, 3.8) is 0 Å². The topological polar surface area (TPSA) is 51.7 Å². The second-order valence-corrected chi connectivity index (χ2v) is 9.81. The van der Waals surface area contributed by atoms with Crippen LogP contribution in [0.3, 0.4) is 0 Å². The molecule has 182 valence electrons. The van der Waals surface area contributed by atoms with E-state index < -0.39 is 0 Å². The number of aromatic nitrogens is 1. The van der Waals surface area contributed by atoms with Crippen LogP contribution in [0.5, 0.6) is 0 Å². The fourth-order valence-electron chi connectivity index (χ4n) is 4.86. The number of nitrogens with one attached hydrogen (secondary N) is 1. The summed E-state index contributed by atoms with van der Waals surface area (Å²) in [5, 5.41) is 4.13. The summed E-state index contributed by atoms with van der Waals surface area (Å²) in [7, 11) is 0. The van der Waals surface area contributed by atoms with Crippen LogP contribution in [0.15, 0.2) is 60.8 Å². The minimum atomic E-state index is 0.0575. The molecule has 2 aliphatic rings. The predicted molar refractivity (Wildman–Crippen MR) is 142 cm³/mol. The molecule has 0 aliphatic carbocycles. The van der Waals surface area contributed by atoms with Crippen LogP contribution in [0.1, 0.15) is 27.0 Å². The van der Waals surface area contributed by atoms with Gasteiger partial charge in [0.2, 0.25) is 0 Å². The number of anilines is 2. The maximum absolute atomic E-state index is 13.3. The van der Waals surface area contributed by atoms with Crippen LogP contribution in [0.4, 0.5) is 11.5 Å². The molecule has 1 saturated heterocycles. The Bertz CT molecular complexity index is 1180. The number of hydrogen-bond donors (Lipinski definition) is 1. The molecule has 0 radical (unpaired) electrons. The molecule has 0 unspecified atom stereocenters. The van der Waals surface area contributed by atoms with Crippen LogP contribution in [-0.4, -0.2) is 66.5 Å². The molecule has 1 N–H and O–H groups in total. The number of aryl methyl sites for hydroxylation is 1. The molecule has 0 bridgehead atoms. The van der Waals surface area contributed by atoms with Gasteiger partial charge in [0.25, 0.3) is 5.91 Å². The lowest BCUT2D eigenvalue weighted by Gasteiger charge is -2.35. The van der Waals surface area contributed by atoms with E-state index in [0.29, 0.717) is 12.1 Å². The lowest BCUT2D eigenvalue weighted by molar-refractivity contribution is 0.0638. The van der Waals surface area contributed by atoms with Gasteiger partial charge in [-0.15, -0.1) is 0 Å². The molecule has 3 heterocycles. The second kappa shape index (κ2) is 10.7. The Kier molecular flexibility index (Phi) is 7.21. The van der Waals surface area contributed by atoms with Gasteiger partial charge in [-0.3, -0.25) is 9.69 Å². The van der Waals surface area contributed by atoms with Crippen molar-refractivity contribution in [3.8, 4) is 0 Å². The first-order valence-corrected chi connectivity index (χ1v) is 12.7. The van der Waals surface area contributed by atoms with Crippen LogP contribution < -0.4 is 10.2 Å². The Hall–Kier alpha value is -3.09. The number of piperazine rings is 1. The summed E-state index contributed by atoms with van der Waals surface area (Å²) in [5.41, 5.74) is 5.23. The van der Waals surface area contributed by atoms with Crippen LogP contribution in [0.2, 0.25) is 5.02 Å². The lowest BCUT2D eigenvalue weighted by atomic mass is 10.1. The van der Waals surface area contributed by atoms with Gasteiger partial charge >= 0.3 is 0 Å². The molecular weight excluding hydrogens is 458 g/mol. The number of fused-ring (bicyclic) bond motifs is 1. The van der Waals surface area contributed by atoms with Gasteiger partial charge in [0, 0.05) is 63.6 Å². The standard InChI is InChI=1S/C28H32ClN5O/c1-21-7-8-25(29)24(17-21)20-34-12-10-30-27-26(34)18-23(19-31-27)28(35)33-15-13-32(14-16-33)11-9-22-5-3-2-4-6-22/h2-8,17-19H,9-16,20H2,1H3,(H,30,31). The van der Waals surface area contributed by atoms with Crippen molar-refractivity contribution in [2.45, 2.75) is 19.9 Å². The molecule has 1 fully saturated rings. The molecule has 0 atom stereocenters. The average molecular weight is 490 g/mol. The van der Waals surface area contributed by atoms with Crippen molar-refractivity contribution in [3.05, 3.63) is 88.1 Å². The van der Waals surface area contributed by atoms with Crippen molar-refractivity contribution in [2.24, 2.45) is 0 Å². The molecule has 3 aromatic rings. The van der Waals surface area contributed by atoms with Crippen molar-refractivity contribution in [1.29, 1.82) is 0 Å². The van der Waals surface area contributed by atoms with E-state index in [4.69, 9.17) is 11.6 Å². The number of benzene rings is 2. The third kappa shape index (κ3) is 5.60. The van der Waals surface area contributed by atoms with Gasteiger partial charge in [-0.1, -0.05) is 59.6 Å². The monoisotopic (exact) mass is 489 g/mol. The summed E-state index contributed by atoms with van der Waals surface area (Å²) >= 11 is 6.47. The number of rotatable bonds is 6. The van der Waals surface area contributed by atoms with Crippen LogP contribution in [0.25, 0.3) is 0 Å². The number of pyridine rings is 1. The lowest BCUT2D eigenvalue weighted by Crippen LogP contribution is -2.49. The Morgan fingerprint density at radius 1 is 1.03 bits per heavy atom. The predicted octanol–water partition coefficient (Wildman–Crippen LogP) is 4.48. The summed E-state index contributed by atoms with van der Waals surface area (Å²) in [6.45, 7) is 8.71. The highest BCUT2D eigenvalue weighted by molar-refractivity contribution is 6.31. The molecule has 35 heavy (non-hydrogen) atoms. The number of carbonyl (C=O) groups is 1. The van der Waals surface area contributed by atoms with Gasteiger partial charge in [0.05, 0.1) is 11.3 Å². The number of hydrogen-bond acceptors (Lipinski definition) is 5. The fourth-order valence-corrected chi connectivity index (χ4v) is 5.04. The van der Waals surface area contributed by atoms with E-state index >= 15 is 0 Å². The third-order valence-electron chi connectivity index (χ3n) is 6.91. The highest BCUT2D eigenvalue weighted by Gasteiger charge is 2.25. The van der Waals surface area contributed by atoms with Crippen LogP contribution >= 0.6 is 11.6 Å². The second-order valence-electron chi connectivity index (χ2n) is 9.40. The molecule has 0 spiro atoms. The summed E-state index contributed by atoms with van der Waals surface area (Å²) in [5.74, 6) is 0.879. The molecule has 6 nitrogen and oxygen atoms in total. The zero-order valence-corrected chi connectivity index (χ0v) is 21.0. The molecule has 2 aromatic carbocycles. The first-order chi connectivity index (χ1) is 17.1. The van der Waals surface area contributed by atoms with Gasteiger partial charge in [-0.25, -0.2) is 4.98 Å². The van der Waals surface area contributed by atoms with Crippen molar-refractivity contribution in [2.75, 3.05) is 56.0 Å². The van der Waals surface area contributed by atoms with Crippen LogP contribution in [-0.2, 0) is 13.0 Å². The molecular formula is C28H32ClN5O. The van der Waals surface area contributed by atoms with E-state index in [1.165, 1.54) is 11.1 Å². The minimum Gasteiger partial charge on any atom is -0.367 e. The normalized spacial score (nSPS) is 16.1. The summed E-state index contributed by atoms with van der Waals surface area (Å²) in [4.78, 5) is 24.6. The van der Waals surface area contributed by atoms with E-state index in [2.05, 4.69) is 63.4 Å². The largest absolute Gasteiger partial charge is 0.367 e. The molecule has 2 aliphatic heterocycles. The third-order valence-corrected chi connectivity index (χ3v) is 7.28. The van der Waals surface area contributed by atoms with Gasteiger partial charge < -0.3 is 15.1 Å². The zero-order chi connectivity index (χ0) is 24.2. The number of carbonyl (C=O) groups excluding carboxylic acids is 1. The molecule has 1 amide bonds. The van der Waals surface area contributed by atoms with E-state index in [0.717, 1.165) is 74.3 Å². The maximum atomic E-state index is 13.3. The first kappa shape index (κ1) is 23.6. The molecule has 0 saturated carbocycles. The highest BCUT2D eigenvalue weighted by atomic mass is 35.5. The SMILES string of the molecule is Cc1ccc(Cl)c(CN2CCNc3ncc(C(=O)N4CCN(CCc5ccccc5)CC4)cc32)c1. The first-order valence-electron chi connectivity index (χ1n) is 12.4. The zero-order valence-electron chi connectivity index (χ0n) is 20.2. The van der Waals surface area contributed by atoms with Gasteiger partial charge in [0.1, 0.15) is 5.82 Å². The average Bonchev–Trinajstić information content (AvgIpc) is 2.90. The molecule has 1 aromatic heterocycles. The smallest absolute Gasteiger partial charge is 0.255 e.